The molecule has 1 rings (SSSR count). The molecule has 3 heteroatoms. The smallest absolute Gasteiger partial charge is 0.131 e. The van der Waals surface area contributed by atoms with Gasteiger partial charge in [0.25, 0.3) is 0 Å². The van der Waals surface area contributed by atoms with Crippen molar-refractivity contribution in [3.63, 3.8) is 0 Å². The Morgan fingerprint density at radius 1 is 1.47 bits per heavy atom. The fourth-order valence-electron chi connectivity index (χ4n) is 1.65. The molecule has 0 bridgehead atoms. The lowest BCUT2D eigenvalue weighted by molar-refractivity contribution is 0.463. The van der Waals surface area contributed by atoms with Crippen LogP contribution < -0.4 is 5.32 Å². The molecule has 0 fully saturated rings. The quantitative estimate of drug-likeness (QED) is 0.587. The highest BCUT2D eigenvalue weighted by molar-refractivity contribution is 5.29. The van der Waals surface area contributed by atoms with Gasteiger partial charge in [0.1, 0.15) is 11.6 Å². The van der Waals surface area contributed by atoms with Gasteiger partial charge in [0, 0.05) is 24.1 Å². The van der Waals surface area contributed by atoms with E-state index in [4.69, 9.17) is 11.5 Å². The van der Waals surface area contributed by atoms with Crippen molar-refractivity contribution in [1.82, 2.24) is 5.32 Å². The zero-order valence-electron chi connectivity index (χ0n) is 10.0. The summed E-state index contributed by atoms with van der Waals surface area (Å²) in [7, 11) is 0. The second-order valence-corrected chi connectivity index (χ2v) is 4.04. The number of rotatable bonds is 6. The molecule has 1 aromatic rings. The van der Waals surface area contributed by atoms with E-state index in [1.807, 2.05) is 6.92 Å². The van der Waals surface area contributed by atoms with E-state index < -0.39 is 0 Å². The Labute approximate surface area is 102 Å². The maximum absolute atomic E-state index is 13.5. The molecule has 2 nitrogen and oxygen atoms in total. The van der Waals surface area contributed by atoms with Gasteiger partial charge in [0.05, 0.1) is 0 Å². The number of phenols is 1. The molecule has 1 atom stereocenters. The van der Waals surface area contributed by atoms with Crippen LogP contribution in [0.5, 0.6) is 5.75 Å². The summed E-state index contributed by atoms with van der Waals surface area (Å²) in [5.41, 5.74) is 0.569. The number of nitrogens with one attached hydrogen (secondary N) is 1. The molecule has 1 unspecified atom stereocenters. The third-order valence-corrected chi connectivity index (χ3v) is 2.65. The molecule has 0 spiro atoms. The zero-order chi connectivity index (χ0) is 12.7. The second kappa shape index (κ2) is 6.93. The number of halogens is 1. The minimum absolute atomic E-state index is 0.0486. The van der Waals surface area contributed by atoms with E-state index >= 15 is 0 Å². The number of phenolic OH excluding ortho intramolecular Hbond substituents is 1. The van der Waals surface area contributed by atoms with E-state index in [-0.39, 0.29) is 17.6 Å². The standard InChI is InChI=1S/C14H18FNO/c1-3-4-5-6-9-16-11(2)13-8-7-12(17)10-14(13)15/h1,7-8,10-11,16-17H,4-6,9H2,2H3. The first-order valence-electron chi connectivity index (χ1n) is 5.80. The monoisotopic (exact) mass is 235 g/mol. The van der Waals surface area contributed by atoms with Gasteiger partial charge in [-0.1, -0.05) is 6.07 Å². The summed E-state index contributed by atoms with van der Waals surface area (Å²) in [6.45, 7) is 2.71. The highest BCUT2D eigenvalue weighted by atomic mass is 19.1. The summed E-state index contributed by atoms with van der Waals surface area (Å²) in [5, 5.41) is 12.3. The average Bonchev–Trinajstić information content (AvgIpc) is 2.28. The number of terminal acetylenes is 1. The third-order valence-electron chi connectivity index (χ3n) is 2.65. The fourth-order valence-corrected chi connectivity index (χ4v) is 1.65. The van der Waals surface area contributed by atoms with Gasteiger partial charge >= 0.3 is 0 Å². The van der Waals surface area contributed by atoms with Crippen LogP contribution in [0.4, 0.5) is 4.39 Å². The molecule has 0 saturated heterocycles. The summed E-state index contributed by atoms with van der Waals surface area (Å²) in [5.74, 6) is 2.16. The first kappa shape index (κ1) is 13.5. The van der Waals surface area contributed by atoms with Crippen LogP contribution in [0.15, 0.2) is 18.2 Å². The molecule has 0 aliphatic carbocycles. The summed E-state index contributed by atoms with van der Waals surface area (Å²) >= 11 is 0. The van der Waals surface area contributed by atoms with Gasteiger partial charge in [-0.25, -0.2) is 4.39 Å². The molecule has 0 aromatic heterocycles. The molecule has 92 valence electrons. The predicted octanol–water partition coefficient (Wildman–Crippen LogP) is 2.99. The van der Waals surface area contributed by atoms with Crippen LogP contribution in [0.25, 0.3) is 0 Å². The van der Waals surface area contributed by atoms with Gasteiger partial charge in [0.2, 0.25) is 0 Å². The maximum Gasteiger partial charge on any atom is 0.131 e. The second-order valence-electron chi connectivity index (χ2n) is 4.04. The van der Waals surface area contributed by atoms with Gasteiger partial charge in [-0.2, -0.15) is 0 Å². The van der Waals surface area contributed by atoms with Crippen molar-refractivity contribution in [3.05, 3.63) is 29.6 Å². The molecule has 0 amide bonds. The van der Waals surface area contributed by atoms with Crippen LogP contribution in [-0.4, -0.2) is 11.7 Å². The Morgan fingerprint density at radius 2 is 2.24 bits per heavy atom. The zero-order valence-corrected chi connectivity index (χ0v) is 10.0. The van der Waals surface area contributed by atoms with Crippen LogP contribution in [0.2, 0.25) is 0 Å². The maximum atomic E-state index is 13.5. The van der Waals surface area contributed by atoms with E-state index in [2.05, 4.69) is 11.2 Å². The van der Waals surface area contributed by atoms with Crippen molar-refractivity contribution in [2.24, 2.45) is 0 Å². The lowest BCUT2D eigenvalue weighted by Crippen LogP contribution is -2.20. The normalized spacial score (nSPS) is 12.1. The third kappa shape index (κ3) is 4.46. The van der Waals surface area contributed by atoms with Crippen molar-refractivity contribution in [2.45, 2.75) is 32.2 Å². The first-order valence-corrected chi connectivity index (χ1v) is 5.80. The molecule has 0 radical (unpaired) electrons. The Kier molecular flexibility index (Phi) is 5.51. The predicted molar refractivity (Wildman–Crippen MR) is 67.2 cm³/mol. The highest BCUT2D eigenvalue weighted by Crippen LogP contribution is 2.20. The number of aromatic hydroxyl groups is 1. The number of hydrogen-bond donors (Lipinski definition) is 2. The van der Waals surface area contributed by atoms with Crippen molar-refractivity contribution in [3.8, 4) is 18.1 Å². The van der Waals surface area contributed by atoms with Crippen LogP contribution >= 0.6 is 0 Å². The summed E-state index contributed by atoms with van der Waals surface area (Å²) in [4.78, 5) is 0. The van der Waals surface area contributed by atoms with Crippen molar-refractivity contribution in [2.75, 3.05) is 6.54 Å². The first-order chi connectivity index (χ1) is 8.15. The molecule has 0 aliphatic heterocycles. The van der Waals surface area contributed by atoms with E-state index in [1.165, 1.54) is 6.07 Å². The van der Waals surface area contributed by atoms with E-state index in [9.17, 15) is 4.39 Å². The molecule has 1 aromatic carbocycles. The van der Waals surface area contributed by atoms with Crippen LogP contribution in [-0.2, 0) is 0 Å². The summed E-state index contributed by atoms with van der Waals surface area (Å²) < 4.78 is 13.5. The Morgan fingerprint density at radius 3 is 2.88 bits per heavy atom. The fraction of sp³-hybridized carbons (Fsp3) is 0.429. The Bertz CT molecular complexity index is 398. The minimum Gasteiger partial charge on any atom is -0.508 e. The summed E-state index contributed by atoms with van der Waals surface area (Å²) in [6.07, 6.45) is 7.89. The largest absolute Gasteiger partial charge is 0.508 e. The average molecular weight is 235 g/mol. The minimum atomic E-state index is -0.381. The van der Waals surface area contributed by atoms with Crippen molar-refractivity contribution in [1.29, 1.82) is 0 Å². The molecule has 0 saturated carbocycles. The van der Waals surface area contributed by atoms with Crippen LogP contribution in [0.3, 0.4) is 0 Å². The Balaban J connectivity index is 2.42. The molecule has 0 heterocycles. The van der Waals surface area contributed by atoms with Gasteiger partial charge in [-0.15, -0.1) is 12.3 Å². The molecule has 17 heavy (non-hydrogen) atoms. The number of hydrogen-bond acceptors (Lipinski definition) is 2. The topological polar surface area (TPSA) is 32.3 Å². The van der Waals surface area contributed by atoms with Gasteiger partial charge in [0.15, 0.2) is 0 Å². The van der Waals surface area contributed by atoms with Crippen LogP contribution in [0, 0.1) is 18.2 Å². The van der Waals surface area contributed by atoms with Gasteiger partial charge < -0.3 is 10.4 Å². The van der Waals surface area contributed by atoms with E-state index in [0.717, 1.165) is 31.9 Å². The number of benzene rings is 1. The SMILES string of the molecule is C#CCCCCNC(C)c1ccc(O)cc1F. The molecular weight excluding hydrogens is 217 g/mol. The van der Waals surface area contributed by atoms with Crippen LogP contribution in [0.1, 0.15) is 37.8 Å². The lowest BCUT2D eigenvalue weighted by Gasteiger charge is -2.14. The molecule has 0 aliphatic rings. The molecular formula is C14H18FNO. The molecule has 2 N–H and O–H groups in total. The summed E-state index contributed by atoms with van der Waals surface area (Å²) in [6, 6.07) is 4.16. The van der Waals surface area contributed by atoms with Crippen molar-refractivity contribution < 1.29 is 9.50 Å². The lowest BCUT2D eigenvalue weighted by atomic mass is 10.1. The van der Waals surface area contributed by atoms with Crippen molar-refractivity contribution >= 4 is 0 Å². The number of unbranched alkanes of at least 4 members (excludes halogenated alkanes) is 2. The van der Waals surface area contributed by atoms with E-state index in [1.54, 1.807) is 6.07 Å². The Hall–Kier alpha value is -1.53. The van der Waals surface area contributed by atoms with E-state index in [0.29, 0.717) is 5.56 Å². The highest BCUT2D eigenvalue weighted by Gasteiger charge is 2.10. The van der Waals surface area contributed by atoms with Gasteiger partial charge in [-0.05, 0) is 32.4 Å². The van der Waals surface area contributed by atoms with Gasteiger partial charge in [-0.3, -0.25) is 0 Å².